The van der Waals surface area contributed by atoms with Crippen LogP contribution in [0.1, 0.15) is 117 Å². The summed E-state index contributed by atoms with van der Waals surface area (Å²) in [4.78, 5) is 24.7. The molecular formula is C31H61N2O6P. The maximum atomic E-state index is 12.5. The van der Waals surface area contributed by atoms with Gasteiger partial charge in [0.25, 0.3) is 7.82 Å². The number of carbonyl (C=O) groups is 1. The summed E-state index contributed by atoms with van der Waals surface area (Å²) >= 11 is 0. The highest BCUT2D eigenvalue weighted by atomic mass is 31.2. The van der Waals surface area contributed by atoms with Gasteiger partial charge in [-0.05, 0) is 32.1 Å². The second-order valence-corrected chi connectivity index (χ2v) is 13.2. The smallest absolute Gasteiger partial charge is 0.268 e. The number of unbranched alkanes of at least 4 members (excludes halogenated alkanes) is 12. The van der Waals surface area contributed by atoms with Gasteiger partial charge in [-0.25, -0.2) is 0 Å². The molecule has 3 unspecified atom stereocenters. The van der Waals surface area contributed by atoms with Crippen molar-refractivity contribution >= 4 is 13.7 Å². The van der Waals surface area contributed by atoms with Crippen molar-refractivity contribution in [2.45, 2.75) is 129 Å². The molecule has 0 aromatic rings. The summed E-state index contributed by atoms with van der Waals surface area (Å²) < 4.78 is 22.8. The molecule has 0 aliphatic rings. The zero-order chi connectivity index (χ0) is 30.1. The molecule has 0 radical (unpaired) electrons. The number of carbonyl (C=O) groups excluding carboxylic acids is 1. The topological polar surface area (TPSA) is 108 Å². The van der Waals surface area contributed by atoms with Crippen molar-refractivity contribution in [3.63, 3.8) is 0 Å². The number of phosphoric acid groups is 1. The summed E-state index contributed by atoms with van der Waals surface area (Å²) in [7, 11) is 1.23. The van der Waals surface area contributed by atoms with Crippen LogP contribution in [0.5, 0.6) is 0 Å². The number of hydrogen-bond acceptors (Lipinski definition) is 6. The fraction of sp³-hybridized carbons (Fsp3) is 0.839. The maximum absolute atomic E-state index is 12.5. The summed E-state index contributed by atoms with van der Waals surface area (Å²) in [6.45, 7) is 4.47. The van der Waals surface area contributed by atoms with Crippen LogP contribution >= 0.6 is 7.82 Å². The van der Waals surface area contributed by atoms with Gasteiger partial charge in [-0.2, -0.15) is 0 Å². The number of likely N-dealkylation sites (N-methyl/N-ethyl adjacent to an activating group) is 1. The van der Waals surface area contributed by atoms with E-state index in [1.54, 1.807) is 6.08 Å². The van der Waals surface area contributed by atoms with E-state index < -0.39 is 26.6 Å². The third-order valence-corrected chi connectivity index (χ3v) is 7.63. The second-order valence-electron chi connectivity index (χ2n) is 11.8. The van der Waals surface area contributed by atoms with Crippen LogP contribution in [0.15, 0.2) is 24.3 Å². The lowest BCUT2D eigenvalue weighted by atomic mass is 10.1. The number of nitrogens with zero attached hydrogens (tertiary/aromatic N) is 1. The van der Waals surface area contributed by atoms with Gasteiger partial charge in [0.05, 0.1) is 39.9 Å². The average molecular weight is 589 g/mol. The lowest BCUT2D eigenvalue weighted by Gasteiger charge is -2.29. The zero-order valence-corrected chi connectivity index (χ0v) is 27.2. The third-order valence-electron chi connectivity index (χ3n) is 6.66. The Bertz CT molecular complexity index is 723. The van der Waals surface area contributed by atoms with E-state index in [0.717, 1.165) is 51.4 Å². The first-order chi connectivity index (χ1) is 19.0. The van der Waals surface area contributed by atoms with E-state index in [0.29, 0.717) is 17.4 Å². The quantitative estimate of drug-likeness (QED) is 0.0495. The molecule has 0 aromatic heterocycles. The van der Waals surface area contributed by atoms with Gasteiger partial charge in [-0.1, -0.05) is 102 Å². The van der Waals surface area contributed by atoms with Gasteiger partial charge >= 0.3 is 0 Å². The van der Waals surface area contributed by atoms with Crippen LogP contribution in [-0.4, -0.2) is 68.5 Å². The first-order valence-electron chi connectivity index (χ1n) is 15.7. The summed E-state index contributed by atoms with van der Waals surface area (Å²) in [6.07, 6.45) is 24.0. The van der Waals surface area contributed by atoms with Crippen molar-refractivity contribution in [1.29, 1.82) is 0 Å². The van der Waals surface area contributed by atoms with E-state index in [9.17, 15) is 19.4 Å². The number of amides is 1. The SMILES string of the molecule is CCCCCCCCC/C=C/CC/C=C/C(O)C(COP(=O)([O-])OCC[N+](C)(C)C)NC(=O)CCCCCCC. The molecule has 0 bridgehead atoms. The summed E-state index contributed by atoms with van der Waals surface area (Å²) in [6, 6.07) is -0.892. The molecule has 3 atom stereocenters. The molecule has 0 saturated carbocycles. The minimum absolute atomic E-state index is 0.00596. The molecule has 0 rings (SSSR count). The fourth-order valence-electron chi connectivity index (χ4n) is 4.05. The lowest BCUT2D eigenvalue weighted by molar-refractivity contribution is -0.870. The highest BCUT2D eigenvalue weighted by Crippen LogP contribution is 2.38. The number of phosphoric ester groups is 1. The third kappa shape index (κ3) is 25.9. The molecule has 1 amide bonds. The molecule has 40 heavy (non-hydrogen) atoms. The molecule has 9 heteroatoms. The standard InChI is InChI=1S/C31H61N2O6P/c1-6-8-10-12-13-14-15-16-17-18-19-21-22-24-30(34)29(32-31(35)25-23-20-11-9-7-2)28-39-40(36,37)38-27-26-33(3,4)5/h17-18,22,24,29-30,34H,6-16,19-21,23,25-28H2,1-5H3,(H-,32,35,36,37)/b18-17+,24-22+. The highest BCUT2D eigenvalue weighted by molar-refractivity contribution is 7.45. The molecule has 8 nitrogen and oxygen atoms in total. The van der Waals surface area contributed by atoms with Crippen LogP contribution in [0, 0.1) is 0 Å². The molecular weight excluding hydrogens is 527 g/mol. The average Bonchev–Trinajstić information content (AvgIpc) is 2.88. The number of quaternary nitrogens is 1. The van der Waals surface area contributed by atoms with Crippen molar-refractivity contribution < 1.29 is 32.9 Å². The number of aliphatic hydroxyl groups excluding tert-OH is 1. The molecule has 0 saturated heterocycles. The lowest BCUT2D eigenvalue weighted by Crippen LogP contribution is -2.45. The Labute approximate surface area is 245 Å². The maximum Gasteiger partial charge on any atom is 0.268 e. The Morgan fingerprint density at radius 2 is 1.40 bits per heavy atom. The Kier molecular flexibility index (Phi) is 23.9. The number of rotatable bonds is 27. The Morgan fingerprint density at radius 1 is 0.850 bits per heavy atom. The van der Waals surface area contributed by atoms with E-state index in [-0.39, 0.29) is 12.5 Å². The van der Waals surface area contributed by atoms with Crippen molar-refractivity contribution in [2.24, 2.45) is 0 Å². The minimum atomic E-state index is -4.57. The van der Waals surface area contributed by atoms with Crippen LogP contribution in [0.2, 0.25) is 0 Å². The van der Waals surface area contributed by atoms with Crippen LogP contribution in [0.4, 0.5) is 0 Å². The fourth-order valence-corrected chi connectivity index (χ4v) is 4.77. The van der Waals surface area contributed by atoms with Crippen LogP contribution in [0.25, 0.3) is 0 Å². The summed E-state index contributed by atoms with van der Waals surface area (Å²) in [5, 5.41) is 13.5. The van der Waals surface area contributed by atoms with Gasteiger partial charge in [-0.3, -0.25) is 9.36 Å². The van der Waals surface area contributed by atoms with Crippen LogP contribution < -0.4 is 10.2 Å². The van der Waals surface area contributed by atoms with E-state index in [4.69, 9.17) is 9.05 Å². The van der Waals surface area contributed by atoms with E-state index in [1.807, 2.05) is 27.2 Å². The zero-order valence-electron chi connectivity index (χ0n) is 26.3. The molecule has 0 spiro atoms. The van der Waals surface area contributed by atoms with Gasteiger partial charge in [0.1, 0.15) is 13.2 Å². The normalized spacial score (nSPS) is 15.5. The first kappa shape index (κ1) is 39.0. The molecule has 0 aromatic carbocycles. The molecule has 236 valence electrons. The number of aliphatic hydroxyl groups is 1. The van der Waals surface area contributed by atoms with Gasteiger partial charge in [0, 0.05) is 6.42 Å². The Morgan fingerprint density at radius 3 is 2.02 bits per heavy atom. The molecule has 0 aliphatic carbocycles. The predicted octanol–water partition coefficient (Wildman–Crippen LogP) is 6.43. The Balaban J connectivity index is 4.65. The first-order valence-corrected chi connectivity index (χ1v) is 17.2. The van der Waals surface area contributed by atoms with E-state index >= 15 is 0 Å². The molecule has 2 N–H and O–H groups in total. The van der Waals surface area contributed by atoms with E-state index in [1.165, 1.54) is 44.9 Å². The second kappa shape index (κ2) is 24.6. The summed E-state index contributed by atoms with van der Waals surface area (Å²) in [5.74, 6) is -0.225. The summed E-state index contributed by atoms with van der Waals surface area (Å²) in [5.41, 5.74) is 0. The van der Waals surface area contributed by atoms with E-state index in [2.05, 4.69) is 31.3 Å². The largest absolute Gasteiger partial charge is 0.756 e. The highest BCUT2D eigenvalue weighted by Gasteiger charge is 2.23. The van der Waals surface area contributed by atoms with Crippen LogP contribution in [0.3, 0.4) is 0 Å². The van der Waals surface area contributed by atoms with Gasteiger partial charge in [-0.15, -0.1) is 0 Å². The number of allylic oxidation sites excluding steroid dienone is 3. The van der Waals surface area contributed by atoms with Crippen molar-refractivity contribution in [3.8, 4) is 0 Å². The molecule has 0 heterocycles. The van der Waals surface area contributed by atoms with Crippen molar-refractivity contribution in [1.82, 2.24) is 5.32 Å². The number of nitrogens with one attached hydrogen (secondary N) is 1. The van der Waals surface area contributed by atoms with Gasteiger partial charge < -0.3 is 28.8 Å². The van der Waals surface area contributed by atoms with Crippen LogP contribution in [-0.2, 0) is 18.4 Å². The number of hydrogen-bond donors (Lipinski definition) is 2. The Hall–Kier alpha value is -1.02. The monoisotopic (exact) mass is 588 g/mol. The minimum Gasteiger partial charge on any atom is -0.756 e. The van der Waals surface area contributed by atoms with Gasteiger partial charge in [0.15, 0.2) is 0 Å². The molecule has 0 fully saturated rings. The van der Waals surface area contributed by atoms with Gasteiger partial charge in [0.2, 0.25) is 5.91 Å². The predicted molar refractivity (Wildman–Crippen MR) is 164 cm³/mol. The van der Waals surface area contributed by atoms with Crippen molar-refractivity contribution in [2.75, 3.05) is 40.9 Å². The van der Waals surface area contributed by atoms with Crippen molar-refractivity contribution in [3.05, 3.63) is 24.3 Å². The molecule has 0 aliphatic heterocycles.